The van der Waals surface area contributed by atoms with Crippen molar-refractivity contribution in [2.75, 3.05) is 19.5 Å². The molecule has 0 unspecified atom stereocenters. The zero-order valence-corrected chi connectivity index (χ0v) is 16.9. The van der Waals surface area contributed by atoms with Crippen LogP contribution in [0.3, 0.4) is 0 Å². The summed E-state index contributed by atoms with van der Waals surface area (Å²) in [5, 5.41) is 16.1. The largest absolute Gasteiger partial charge is 0.497 e. The van der Waals surface area contributed by atoms with Gasteiger partial charge in [-0.05, 0) is 25.1 Å². The Morgan fingerprint density at radius 3 is 2.69 bits per heavy atom. The summed E-state index contributed by atoms with van der Waals surface area (Å²) in [6, 6.07) is 10.2. The number of anilines is 1. The summed E-state index contributed by atoms with van der Waals surface area (Å²) in [7, 11) is 3.09. The summed E-state index contributed by atoms with van der Waals surface area (Å²) in [6.07, 6.45) is 0.0886. The van der Waals surface area contributed by atoms with Crippen LogP contribution >= 0.6 is 11.3 Å². The van der Waals surface area contributed by atoms with E-state index in [9.17, 15) is 14.9 Å². The highest BCUT2D eigenvalue weighted by molar-refractivity contribution is 7.14. The smallest absolute Gasteiger partial charge is 0.272 e. The average Bonchev–Trinajstić information content (AvgIpc) is 3.16. The molecule has 0 saturated carbocycles. The van der Waals surface area contributed by atoms with E-state index in [1.807, 2.05) is 0 Å². The maximum Gasteiger partial charge on any atom is 0.272 e. The molecule has 150 valence electrons. The molecule has 0 atom stereocenters. The molecule has 1 heterocycles. The molecule has 0 aliphatic carbocycles. The highest BCUT2D eigenvalue weighted by atomic mass is 32.1. The molecule has 1 N–H and O–H groups in total. The van der Waals surface area contributed by atoms with Gasteiger partial charge in [0.2, 0.25) is 5.91 Å². The lowest BCUT2D eigenvalue weighted by Crippen LogP contribution is -2.14. The van der Waals surface area contributed by atoms with E-state index >= 15 is 0 Å². The van der Waals surface area contributed by atoms with Gasteiger partial charge in [-0.25, -0.2) is 4.98 Å². The molecule has 9 heteroatoms. The second-order valence-electron chi connectivity index (χ2n) is 6.20. The van der Waals surface area contributed by atoms with E-state index in [0.717, 1.165) is 0 Å². The van der Waals surface area contributed by atoms with Gasteiger partial charge >= 0.3 is 0 Å². The summed E-state index contributed by atoms with van der Waals surface area (Å²) >= 11 is 1.25. The van der Waals surface area contributed by atoms with Crippen LogP contribution in [0, 0.1) is 17.0 Å². The Kier molecular flexibility index (Phi) is 6.08. The molecule has 0 aliphatic rings. The molecular formula is C20H19N3O5S. The van der Waals surface area contributed by atoms with Gasteiger partial charge in [0.15, 0.2) is 5.13 Å². The lowest BCUT2D eigenvalue weighted by Gasteiger charge is -2.10. The molecule has 3 rings (SSSR count). The van der Waals surface area contributed by atoms with Crippen molar-refractivity contribution in [1.82, 2.24) is 4.98 Å². The summed E-state index contributed by atoms with van der Waals surface area (Å²) in [5.74, 6) is 0.964. The first-order valence-corrected chi connectivity index (χ1v) is 9.51. The van der Waals surface area contributed by atoms with Crippen LogP contribution in [0.1, 0.15) is 11.1 Å². The fraction of sp³-hybridized carbons (Fsp3) is 0.200. The Labute approximate surface area is 171 Å². The number of methoxy groups -OCH3 is 2. The Bertz CT molecular complexity index is 1060. The average molecular weight is 413 g/mol. The molecule has 0 fully saturated rings. The standard InChI is InChI=1S/C20H19N3O5S/c1-12-4-5-13(9-17(12)23(25)26)16-11-29-20(21-16)22-19(24)10-14-8-15(27-2)6-7-18(14)28-3/h4-9,11H,10H2,1-3H3,(H,21,22,24). The van der Waals surface area contributed by atoms with Crippen LogP contribution in [-0.4, -0.2) is 30.0 Å². The van der Waals surface area contributed by atoms with E-state index in [0.29, 0.717) is 39.0 Å². The number of rotatable bonds is 7. The molecule has 1 aromatic heterocycles. The third kappa shape index (κ3) is 4.69. The molecule has 2 aromatic carbocycles. The maximum absolute atomic E-state index is 12.5. The summed E-state index contributed by atoms with van der Waals surface area (Å²) in [4.78, 5) is 27.5. The van der Waals surface area contributed by atoms with Crippen molar-refractivity contribution >= 4 is 28.1 Å². The Hall–Kier alpha value is -3.46. The van der Waals surface area contributed by atoms with E-state index in [4.69, 9.17) is 9.47 Å². The zero-order valence-electron chi connectivity index (χ0n) is 16.1. The minimum atomic E-state index is -0.421. The van der Waals surface area contributed by atoms with Crippen molar-refractivity contribution in [3.63, 3.8) is 0 Å². The van der Waals surface area contributed by atoms with Crippen LogP contribution in [0.25, 0.3) is 11.3 Å². The lowest BCUT2D eigenvalue weighted by atomic mass is 10.1. The van der Waals surface area contributed by atoms with E-state index in [2.05, 4.69) is 10.3 Å². The second-order valence-corrected chi connectivity index (χ2v) is 7.06. The summed E-state index contributed by atoms with van der Waals surface area (Å²) in [5.41, 5.74) is 2.48. The number of aryl methyl sites for hydroxylation is 1. The number of nitrogens with one attached hydrogen (secondary N) is 1. The van der Waals surface area contributed by atoms with Gasteiger partial charge in [-0.15, -0.1) is 11.3 Å². The third-order valence-electron chi connectivity index (χ3n) is 4.29. The van der Waals surface area contributed by atoms with Crippen molar-refractivity contribution in [2.24, 2.45) is 0 Å². The van der Waals surface area contributed by atoms with Gasteiger partial charge in [-0.2, -0.15) is 0 Å². The highest BCUT2D eigenvalue weighted by Crippen LogP contribution is 2.30. The van der Waals surface area contributed by atoms with Gasteiger partial charge in [0.05, 0.1) is 31.3 Å². The number of benzene rings is 2. The fourth-order valence-corrected chi connectivity index (χ4v) is 3.52. The predicted molar refractivity (Wildman–Crippen MR) is 111 cm³/mol. The Balaban J connectivity index is 1.75. The number of hydrogen-bond donors (Lipinski definition) is 1. The van der Waals surface area contributed by atoms with Gasteiger partial charge in [-0.1, -0.05) is 12.1 Å². The number of thiazole rings is 1. The molecule has 0 bridgehead atoms. The van der Waals surface area contributed by atoms with E-state index < -0.39 is 4.92 Å². The summed E-state index contributed by atoms with van der Waals surface area (Å²) < 4.78 is 10.5. The number of nitrogens with zero attached hydrogens (tertiary/aromatic N) is 2. The molecule has 8 nitrogen and oxygen atoms in total. The van der Waals surface area contributed by atoms with Gasteiger partial charge in [0.1, 0.15) is 11.5 Å². The number of hydrogen-bond acceptors (Lipinski definition) is 7. The van der Waals surface area contributed by atoms with Crippen LogP contribution in [0.15, 0.2) is 41.8 Å². The van der Waals surface area contributed by atoms with Crippen LogP contribution in [0.5, 0.6) is 11.5 Å². The Morgan fingerprint density at radius 2 is 2.00 bits per heavy atom. The topological polar surface area (TPSA) is 104 Å². The van der Waals surface area contributed by atoms with Gasteiger partial charge in [-0.3, -0.25) is 14.9 Å². The summed E-state index contributed by atoms with van der Waals surface area (Å²) in [6.45, 7) is 1.68. The second kappa shape index (κ2) is 8.70. The number of carbonyl (C=O) groups excluding carboxylic acids is 1. The lowest BCUT2D eigenvalue weighted by molar-refractivity contribution is -0.385. The number of ether oxygens (including phenoxy) is 2. The minimum Gasteiger partial charge on any atom is -0.497 e. The quantitative estimate of drug-likeness (QED) is 0.459. The number of aromatic nitrogens is 1. The van der Waals surface area contributed by atoms with Crippen LogP contribution in [-0.2, 0) is 11.2 Å². The van der Waals surface area contributed by atoms with E-state index in [1.54, 1.807) is 49.7 Å². The molecule has 0 spiro atoms. The van der Waals surface area contributed by atoms with Crippen LogP contribution in [0.2, 0.25) is 0 Å². The van der Waals surface area contributed by atoms with Gasteiger partial charge in [0.25, 0.3) is 5.69 Å². The molecule has 0 saturated heterocycles. The Morgan fingerprint density at radius 1 is 1.21 bits per heavy atom. The minimum absolute atomic E-state index is 0.0335. The monoisotopic (exact) mass is 413 g/mol. The van der Waals surface area contributed by atoms with Gasteiger partial charge in [0, 0.05) is 28.1 Å². The number of amides is 1. The van der Waals surface area contributed by atoms with Crippen molar-refractivity contribution in [2.45, 2.75) is 13.3 Å². The van der Waals surface area contributed by atoms with E-state index in [-0.39, 0.29) is 18.0 Å². The number of nitro groups is 1. The molecule has 1 amide bonds. The van der Waals surface area contributed by atoms with Crippen LogP contribution < -0.4 is 14.8 Å². The van der Waals surface area contributed by atoms with Crippen molar-refractivity contribution in [3.05, 3.63) is 63.0 Å². The fourth-order valence-electron chi connectivity index (χ4n) is 2.79. The first-order valence-electron chi connectivity index (χ1n) is 8.63. The molecule has 0 aliphatic heterocycles. The SMILES string of the molecule is COc1ccc(OC)c(CC(=O)Nc2nc(-c3ccc(C)c([N+](=O)[O-])c3)cs2)c1. The van der Waals surface area contributed by atoms with Crippen molar-refractivity contribution in [1.29, 1.82) is 0 Å². The highest BCUT2D eigenvalue weighted by Gasteiger charge is 2.15. The zero-order chi connectivity index (χ0) is 21.0. The molecular weight excluding hydrogens is 394 g/mol. The maximum atomic E-state index is 12.5. The third-order valence-corrected chi connectivity index (χ3v) is 5.05. The number of carbonyl (C=O) groups is 1. The molecule has 29 heavy (non-hydrogen) atoms. The van der Waals surface area contributed by atoms with Crippen LogP contribution in [0.4, 0.5) is 10.8 Å². The molecule has 3 aromatic rings. The normalized spacial score (nSPS) is 10.4. The predicted octanol–water partition coefficient (Wildman–Crippen LogP) is 4.23. The van der Waals surface area contributed by atoms with Gasteiger partial charge < -0.3 is 14.8 Å². The van der Waals surface area contributed by atoms with Crippen molar-refractivity contribution < 1.29 is 19.2 Å². The number of nitro benzene ring substituents is 1. The first kappa shape index (κ1) is 20.3. The van der Waals surface area contributed by atoms with Crippen molar-refractivity contribution in [3.8, 4) is 22.8 Å². The molecule has 0 radical (unpaired) electrons. The van der Waals surface area contributed by atoms with E-state index in [1.165, 1.54) is 24.5 Å². The first-order chi connectivity index (χ1) is 13.9.